The van der Waals surface area contributed by atoms with Crippen molar-refractivity contribution in [3.8, 4) is 0 Å². The number of fused-ring (bicyclic) bond motifs is 1. The Balaban J connectivity index is 1.69. The van der Waals surface area contributed by atoms with E-state index in [0.29, 0.717) is 6.42 Å². The van der Waals surface area contributed by atoms with Crippen LogP contribution in [-0.2, 0) is 6.42 Å². The molecule has 0 bridgehead atoms. The standard InChI is InChI=1S/C17H18N2O2S/c1-22-13-7-4-6-12(10-13)18-17(21)19-16-14-8-3-2-5-11(14)9-15(16)20/h2-8,10,15-16,20H,9H2,1H3,(H2,18,19,21)/t15-,16+/m0/s1. The first kappa shape index (κ1) is 14.9. The highest BCUT2D eigenvalue weighted by atomic mass is 32.2. The van der Waals surface area contributed by atoms with Gasteiger partial charge in [-0.25, -0.2) is 4.79 Å². The van der Waals surface area contributed by atoms with Crippen LogP contribution in [-0.4, -0.2) is 23.5 Å². The summed E-state index contributed by atoms with van der Waals surface area (Å²) in [5.41, 5.74) is 2.82. The van der Waals surface area contributed by atoms with Crippen LogP contribution in [0.25, 0.3) is 0 Å². The summed E-state index contributed by atoms with van der Waals surface area (Å²) in [5.74, 6) is 0. The van der Waals surface area contributed by atoms with Crippen LogP contribution in [0.15, 0.2) is 53.4 Å². The number of nitrogens with one attached hydrogen (secondary N) is 2. The van der Waals surface area contributed by atoms with E-state index in [1.165, 1.54) is 0 Å². The SMILES string of the molecule is CSc1cccc(NC(=O)N[C@@H]2c3ccccc3C[C@@H]2O)c1. The van der Waals surface area contributed by atoms with Crippen molar-refractivity contribution in [3.63, 3.8) is 0 Å². The Hall–Kier alpha value is -1.98. The van der Waals surface area contributed by atoms with Crippen molar-refractivity contribution in [1.82, 2.24) is 5.32 Å². The van der Waals surface area contributed by atoms with Gasteiger partial charge in [-0.3, -0.25) is 0 Å². The monoisotopic (exact) mass is 314 g/mol. The highest BCUT2D eigenvalue weighted by Gasteiger charge is 2.31. The van der Waals surface area contributed by atoms with Gasteiger partial charge in [-0.05, 0) is 35.6 Å². The Labute approximate surface area is 133 Å². The number of aliphatic hydroxyl groups excluding tert-OH is 1. The molecule has 5 heteroatoms. The molecule has 0 spiro atoms. The number of hydrogen-bond acceptors (Lipinski definition) is 3. The summed E-state index contributed by atoms with van der Waals surface area (Å²) in [4.78, 5) is 13.3. The lowest BCUT2D eigenvalue weighted by atomic mass is 10.1. The van der Waals surface area contributed by atoms with Crippen LogP contribution in [0.4, 0.5) is 10.5 Å². The molecule has 3 rings (SSSR count). The van der Waals surface area contributed by atoms with Crippen molar-refractivity contribution in [3.05, 3.63) is 59.7 Å². The Kier molecular flexibility index (Phi) is 4.36. The molecule has 1 aliphatic carbocycles. The number of anilines is 1. The van der Waals surface area contributed by atoms with Crippen molar-refractivity contribution in [2.75, 3.05) is 11.6 Å². The van der Waals surface area contributed by atoms with Gasteiger partial charge in [0.2, 0.25) is 0 Å². The Bertz CT molecular complexity index is 690. The highest BCUT2D eigenvalue weighted by molar-refractivity contribution is 7.98. The zero-order valence-corrected chi connectivity index (χ0v) is 13.1. The second kappa shape index (κ2) is 6.42. The van der Waals surface area contributed by atoms with Crippen molar-refractivity contribution < 1.29 is 9.90 Å². The van der Waals surface area contributed by atoms with Gasteiger partial charge in [0.1, 0.15) is 0 Å². The molecule has 0 aromatic heterocycles. The fraction of sp³-hybridized carbons (Fsp3) is 0.235. The van der Waals surface area contributed by atoms with Gasteiger partial charge in [0, 0.05) is 17.0 Å². The van der Waals surface area contributed by atoms with E-state index in [2.05, 4.69) is 10.6 Å². The van der Waals surface area contributed by atoms with Gasteiger partial charge in [-0.1, -0.05) is 30.3 Å². The summed E-state index contributed by atoms with van der Waals surface area (Å²) in [6, 6.07) is 14.8. The first-order chi connectivity index (χ1) is 10.7. The minimum absolute atomic E-state index is 0.306. The highest BCUT2D eigenvalue weighted by Crippen LogP contribution is 2.31. The molecule has 2 amide bonds. The number of benzene rings is 2. The van der Waals surface area contributed by atoms with Gasteiger partial charge in [0.05, 0.1) is 12.1 Å². The molecular formula is C17H18N2O2S. The molecule has 0 fully saturated rings. The molecule has 1 aliphatic rings. The molecule has 114 valence electrons. The molecule has 2 aromatic carbocycles. The maximum atomic E-state index is 12.2. The van der Waals surface area contributed by atoms with E-state index in [-0.39, 0.29) is 12.1 Å². The molecule has 2 atom stereocenters. The summed E-state index contributed by atoms with van der Waals surface area (Å²) in [6.07, 6.45) is 1.98. The lowest BCUT2D eigenvalue weighted by Crippen LogP contribution is -2.36. The third-order valence-corrected chi connectivity index (χ3v) is 4.54. The molecule has 0 saturated carbocycles. The largest absolute Gasteiger partial charge is 0.390 e. The average molecular weight is 314 g/mol. The maximum Gasteiger partial charge on any atom is 0.319 e. The molecule has 0 saturated heterocycles. The molecule has 0 radical (unpaired) electrons. The van der Waals surface area contributed by atoms with Crippen LogP contribution in [0, 0.1) is 0 Å². The lowest BCUT2D eigenvalue weighted by molar-refractivity contribution is 0.144. The van der Waals surface area contributed by atoms with E-state index in [1.807, 2.05) is 54.8 Å². The van der Waals surface area contributed by atoms with Crippen LogP contribution in [0.1, 0.15) is 17.2 Å². The van der Waals surface area contributed by atoms with E-state index >= 15 is 0 Å². The molecule has 0 unspecified atom stereocenters. The predicted molar refractivity (Wildman–Crippen MR) is 89.3 cm³/mol. The van der Waals surface area contributed by atoms with E-state index < -0.39 is 6.10 Å². The Morgan fingerprint density at radius 2 is 2.05 bits per heavy atom. The van der Waals surface area contributed by atoms with Crippen molar-refractivity contribution in [1.29, 1.82) is 0 Å². The molecule has 0 heterocycles. The first-order valence-corrected chi connectivity index (χ1v) is 8.37. The van der Waals surface area contributed by atoms with Crippen molar-refractivity contribution in [2.24, 2.45) is 0 Å². The van der Waals surface area contributed by atoms with Gasteiger partial charge in [-0.2, -0.15) is 0 Å². The van der Waals surface area contributed by atoms with Gasteiger partial charge in [0.25, 0.3) is 0 Å². The van der Waals surface area contributed by atoms with E-state index in [1.54, 1.807) is 11.8 Å². The number of aliphatic hydroxyl groups is 1. The number of urea groups is 1. The van der Waals surface area contributed by atoms with Crippen LogP contribution in [0.5, 0.6) is 0 Å². The van der Waals surface area contributed by atoms with E-state index in [4.69, 9.17) is 0 Å². The number of hydrogen-bond donors (Lipinski definition) is 3. The average Bonchev–Trinajstić information content (AvgIpc) is 2.83. The first-order valence-electron chi connectivity index (χ1n) is 7.15. The second-order valence-electron chi connectivity index (χ2n) is 5.28. The zero-order chi connectivity index (χ0) is 15.5. The number of amides is 2. The Morgan fingerprint density at radius 3 is 2.86 bits per heavy atom. The second-order valence-corrected chi connectivity index (χ2v) is 6.16. The quantitative estimate of drug-likeness (QED) is 0.763. The minimum atomic E-state index is -0.583. The van der Waals surface area contributed by atoms with Gasteiger partial charge in [0.15, 0.2) is 0 Å². The zero-order valence-electron chi connectivity index (χ0n) is 12.2. The number of thioether (sulfide) groups is 1. The summed E-state index contributed by atoms with van der Waals surface area (Å²) in [6.45, 7) is 0. The summed E-state index contributed by atoms with van der Waals surface area (Å²) >= 11 is 1.62. The molecular weight excluding hydrogens is 296 g/mol. The van der Waals surface area contributed by atoms with Crippen LogP contribution in [0.3, 0.4) is 0 Å². The van der Waals surface area contributed by atoms with Crippen molar-refractivity contribution in [2.45, 2.75) is 23.5 Å². The van der Waals surface area contributed by atoms with Crippen LogP contribution >= 0.6 is 11.8 Å². The molecule has 3 N–H and O–H groups in total. The number of carbonyl (C=O) groups excluding carboxylic acids is 1. The lowest BCUT2D eigenvalue weighted by Gasteiger charge is -2.18. The van der Waals surface area contributed by atoms with Gasteiger partial charge < -0.3 is 15.7 Å². The normalized spacial score (nSPS) is 19.5. The topological polar surface area (TPSA) is 61.4 Å². The van der Waals surface area contributed by atoms with Gasteiger partial charge in [-0.15, -0.1) is 11.8 Å². The summed E-state index contributed by atoms with van der Waals surface area (Å²) in [7, 11) is 0. The molecule has 2 aromatic rings. The van der Waals surface area contributed by atoms with Crippen LogP contribution in [0.2, 0.25) is 0 Å². The van der Waals surface area contributed by atoms with Crippen molar-refractivity contribution >= 4 is 23.5 Å². The third-order valence-electron chi connectivity index (χ3n) is 3.82. The smallest absolute Gasteiger partial charge is 0.319 e. The van der Waals surface area contributed by atoms with Crippen LogP contribution < -0.4 is 10.6 Å². The molecule has 4 nitrogen and oxygen atoms in total. The van der Waals surface area contributed by atoms with E-state index in [9.17, 15) is 9.90 Å². The fourth-order valence-electron chi connectivity index (χ4n) is 2.76. The van der Waals surface area contributed by atoms with E-state index in [0.717, 1.165) is 21.7 Å². The predicted octanol–water partition coefficient (Wildman–Crippen LogP) is 3.19. The summed E-state index contributed by atoms with van der Waals surface area (Å²) in [5, 5.41) is 15.8. The summed E-state index contributed by atoms with van der Waals surface area (Å²) < 4.78 is 0. The third kappa shape index (κ3) is 3.10. The molecule has 22 heavy (non-hydrogen) atoms. The number of carbonyl (C=O) groups is 1. The fourth-order valence-corrected chi connectivity index (χ4v) is 3.22. The number of rotatable bonds is 3. The Morgan fingerprint density at radius 1 is 1.23 bits per heavy atom. The molecule has 0 aliphatic heterocycles. The minimum Gasteiger partial charge on any atom is -0.390 e. The maximum absolute atomic E-state index is 12.2. The van der Waals surface area contributed by atoms with Gasteiger partial charge >= 0.3 is 6.03 Å².